The van der Waals surface area contributed by atoms with Crippen LogP contribution in [0, 0.1) is 34.9 Å². The first-order valence-corrected chi connectivity index (χ1v) is 10.3. The largest absolute Gasteiger partial charge is 0.380 e. The van der Waals surface area contributed by atoms with Crippen molar-refractivity contribution in [2.45, 2.75) is 25.0 Å². The first-order chi connectivity index (χ1) is 14.4. The van der Waals surface area contributed by atoms with E-state index in [2.05, 4.69) is 10.2 Å². The molecule has 1 aromatic rings. The second-order valence-corrected chi connectivity index (χ2v) is 8.34. The number of likely N-dealkylation sites (tertiary alicyclic amines) is 1. The van der Waals surface area contributed by atoms with E-state index >= 15 is 0 Å². The lowest BCUT2D eigenvalue weighted by molar-refractivity contribution is -0.152. The number of carbonyl (C=O) groups is 2. The van der Waals surface area contributed by atoms with Gasteiger partial charge in [0.25, 0.3) is 11.8 Å². The smallest absolute Gasteiger partial charge is 0.254 e. The van der Waals surface area contributed by atoms with Crippen LogP contribution in [0.25, 0.3) is 0 Å². The molecule has 1 aromatic carbocycles. The summed E-state index contributed by atoms with van der Waals surface area (Å²) in [6.45, 7) is 2.86. The second kappa shape index (κ2) is 8.20. The van der Waals surface area contributed by atoms with E-state index < -0.39 is 29.8 Å². The first kappa shape index (κ1) is 20.6. The van der Waals surface area contributed by atoms with Crippen LogP contribution in [-0.4, -0.2) is 71.9 Å². The third-order valence-corrected chi connectivity index (χ3v) is 6.54. The van der Waals surface area contributed by atoms with Gasteiger partial charge in [0, 0.05) is 32.7 Å². The Bertz CT molecular complexity index is 870. The minimum absolute atomic E-state index is 0.245. The fraction of sp³-hybridized carbons (Fsp3) is 0.571. The lowest BCUT2D eigenvalue weighted by Gasteiger charge is -2.24. The quantitative estimate of drug-likeness (QED) is 0.593. The maximum atomic E-state index is 13.3. The Labute approximate surface area is 173 Å². The monoisotopic (exact) mass is 416 g/mol. The van der Waals surface area contributed by atoms with Gasteiger partial charge in [0.2, 0.25) is 0 Å². The van der Waals surface area contributed by atoms with E-state index in [4.69, 9.17) is 0 Å². The van der Waals surface area contributed by atoms with Gasteiger partial charge in [-0.25, -0.2) is 4.39 Å². The molecular formula is C21H25FN4O4. The average Bonchev–Trinajstić information content (AvgIpc) is 3.16. The van der Waals surface area contributed by atoms with E-state index in [0.717, 1.165) is 12.8 Å². The van der Waals surface area contributed by atoms with Gasteiger partial charge in [0.1, 0.15) is 11.9 Å². The molecule has 2 saturated heterocycles. The van der Waals surface area contributed by atoms with Crippen LogP contribution in [0.2, 0.25) is 0 Å². The van der Waals surface area contributed by atoms with Crippen molar-refractivity contribution in [1.29, 1.82) is 5.26 Å². The average molecular weight is 416 g/mol. The fourth-order valence-corrected chi connectivity index (χ4v) is 4.75. The zero-order valence-corrected chi connectivity index (χ0v) is 16.5. The van der Waals surface area contributed by atoms with Gasteiger partial charge in [0.05, 0.1) is 11.3 Å². The van der Waals surface area contributed by atoms with Crippen molar-refractivity contribution >= 4 is 17.5 Å². The van der Waals surface area contributed by atoms with Crippen LogP contribution in [0.5, 0.6) is 0 Å². The van der Waals surface area contributed by atoms with Gasteiger partial charge in [-0.2, -0.15) is 5.26 Å². The Hall–Kier alpha value is -2.70. The summed E-state index contributed by atoms with van der Waals surface area (Å²) in [6.07, 6.45) is -1.82. The van der Waals surface area contributed by atoms with Crippen LogP contribution in [-0.2, 0) is 9.59 Å². The highest BCUT2D eigenvalue weighted by Crippen LogP contribution is 2.52. The first-order valence-electron chi connectivity index (χ1n) is 10.3. The number of aliphatic hydroxyl groups excluding tert-OH is 2. The summed E-state index contributed by atoms with van der Waals surface area (Å²) in [7, 11) is 0. The van der Waals surface area contributed by atoms with E-state index in [1.165, 1.54) is 17.0 Å². The number of aliphatic hydroxyl groups is 2. The van der Waals surface area contributed by atoms with E-state index in [0.29, 0.717) is 55.8 Å². The molecule has 8 nitrogen and oxygen atoms in total. The molecular weight excluding hydrogens is 391 g/mol. The Kier molecular flexibility index (Phi) is 5.62. The summed E-state index contributed by atoms with van der Waals surface area (Å²) >= 11 is 0. The summed E-state index contributed by atoms with van der Waals surface area (Å²) in [4.78, 5) is 27.8. The Morgan fingerprint density at radius 2 is 1.87 bits per heavy atom. The van der Waals surface area contributed by atoms with Crippen LogP contribution >= 0.6 is 0 Å². The highest BCUT2D eigenvalue weighted by atomic mass is 19.1. The zero-order valence-electron chi connectivity index (χ0n) is 16.5. The molecule has 2 heterocycles. The fourth-order valence-electron chi connectivity index (χ4n) is 4.75. The van der Waals surface area contributed by atoms with E-state index in [9.17, 15) is 29.5 Å². The normalized spacial score (nSPS) is 26.7. The number of amides is 2. The Morgan fingerprint density at radius 1 is 1.20 bits per heavy atom. The number of hydrogen-bond donors (Lipinski definition) is 3. The standard InChI is InChI=1S/C21H25FN4O4/c22-13-3-4-17(12(7-13)8-23)26-10-15-14(16(15)11-26)9-24-20(29)18(27)19(28)21(30)25-5-1-2-6-25/h3-4,7,14-16,18-19,27-28H,1-2,5-6,9-11H2,(H,24,29). The van der Waals surface area contributed by atoms with Gasteiger partial charge in [-0.15, -0.1) is 0 Å². The molecule has 3 fully saturated rings. The summed E-state index contributed by atoms with van der Waals surface area (Å²) in [5.41, 5.74) is 1.02. The van der Waals surface area contributed by atoms with Crippen LogP contribution in [0.15, 0.2) is 18.2 Å². The third-order valence-electron chi connectivity index (χ3n) is 6.54. The van der Waals surface area contributed by atoms with Crippen molar-refractivity contribution in [1.82, 2.24) is 10.2 Å². The number of nitrogens with zero attached hydrogens (tertiary/aromatic N) is 3. The van der Waals surface area contributed by atoms with E-state index in [-0.39, 0.29) is 5.92 Å². The number of rotatable bonds is 6. The Morgan fingerprint density at radius 3 is 2.50 bits per heavy atom. The highest BCUT2D eigenvalue weighted by Gasteiger charge is 2.55. The van der Waals surface area contributed by atoms with E-state index in [1.807, 2.05) is 6.07 Å². The molecule has 2 aliphatic heterocycles. The molecule has 3 aliphatic rings. The van der Waals surface area contributed by atoms with Crippen molar-refractivity contribution in [3.63, 3.8) is 0 Å². The SMILES string of the molecule is N#Cc1cc(F)ccc1N1CC2C(CNC(=O)C(O)C(O)C(=O)N3CCCC3)C2C1. The molecule has 3 N–H and O–H groups in total. The van der Waals surface area contributed by atoms with E-state index in [1.54, 1.807) is 6.07 Å². The van der Waals surface area contributed by atoms with Crippen LogP contribution in [0.1, 0.15) is 18.4 Å². The second-order valence-electron chi connectivity index (χ2n) is 8.34. The molecule has 1 aliphatic carbocycles. The minimum Gasteiger partial charge on any atom is -0.380 e. The topological polar surface area (TPSA) is 117 Å². The van der Waals surface area contributed by atoms with Crippen LogP contribution < -0.4 is 10.2 Å². The van der Waals surface area contributed by atoms with Gasteiger partial charge < -0.3 is 25.3 Å². The summed E-state index contributed by atoms with van der Waals surface area (Å²) in [5, 5.41) is 31.9. The van der Waals surface area contributed by atoms with Crippen molar-refractivity contribution in [3.05, 3.63) is 29.6 Å². The molecule has 9 heteroatoms. The predicted octanol–water partition coefficient (Wildman–Crippen LogP) is -0.160. The van der Waals surface area contributed by atoms with Crippen molar-refractivity contribution in [2.75, 3.05) is 37.6 Å². The number of nitrogens with one attached hydrogen (secondary N) is 1. The molecule has 1 saturated carbocycles. The number of benzene rings is 1. The van der Waals surface area contributed by atoms with Gasteiger partial charge in [-0.1, -0.05) is 0 Å². The molecule has 160 valence electrons. The number of nitriles is 1. The minimum atomic E-state index is -1.79. The summed E-state index contributed by atoms with van der Waals surface area (Å²) in [5.74, 6) is -0.867. The Balaban J connectivity index is 1.25. The number of piperidine rings is 1. The molecule has 0 aromatic heterocycles. The van der Waals surface area contributed by atoms with Gasteiger partial charge in [-0.3, -0.25) is 9.59 Å². The van der Waals surface area contributed by atoms with Crippen LogP contribution in [0.3, 0.4) is 0 Å². The summed E-state index contributed by atoms with van der Waals surface area (Å²) < 4.78 is 13.3. The molecule has 30 heavy (non-hydrogen) atoms. The van der Waals surface area contributed by atoms with Gasteiger partial charge >= 0.3 is 0 Å². The number of carbonyl (C=O) groups excluding carboxylic acids is 2. The maximum absolute atomic E-state index is 13.3. The molecule has 0 radical (unpaired) electrons. The number of anilines is 1. The van der Waals surface area contributed by atoms with Crippen LogP contribution in [0.4, 0.5) is 10.1 Å². The molecule has 4 unspecified atom stereocenters. The molecule has 0 bridgehead atoms. The van der Waals surface area contributed by atoms with Crippen molar-refractivity contribution in [3.8, 4) is 6.07 Å². The van der Waals surface area contributed by atoms with Gasteiger partial charge in [0.15, 0.2) is 12.2 Å². The lowest BCUT2D eigenvalue weighted by Crippen LogP contribution is -2.50. The van der Waals surface area contributed by atoms with Crippen molar-refractivity contribution in [2.24, 2.45) is 17.8 Å². The molecule has 4 atom stereocenters. The maximum Gasteiger partial charge on any atom is 0.254 e. The number of fused-ring (bicyclic) bond motifs is 1. The molecule has 2 amide bonds. The predicted molar refractivity (Wildman–Crippen MR) is 105 cm³/mol. The molecule has 4 rings (SSSR count). The van der Waals surface area contributed by atoms with Crippen molar-refractivity contribution < 1.29 is 24.2 Å². The lowest BCUT2D eigenvalue weighted by atomic mass is 10.1. The number of hydrogen-bond acceptors (Lipinski definition) is 6. The highest BCUT2D eigenvalue weighted by molar-refractivity contribution is 5.90. The number of halogens is 1. The third kappa shape index (κ3) is 3.85. The van der Waals surface area contributed by atoms with Gasteiger partial charge in [-0.05, 0) is 48.8 Å². The molecule has 0 spiro atoms. The summed E-state index contributed by atoms with van der Waals surface area (Å²) in [6, 6.07) is 6.21. The zero-order chi connectivity index (χ0) is 21.4.